The summed E-state index contributed by atoms with van der Waals surface area (Å²) in [5.74, 6) is 1.55. The molecule has 2 aromatic rings. The molecule has 162 valence electrons. The highest BCUT2D eigenvalue weighted by molar-refractivity contribution is 6.30. The standard InChI is InChI=1S/C24H33ClN4O/c1-5-24(4,23(30)28-21-9-7-6-8-10-21)29(16-19-11-13-20(25)14-12-19)22-15-17(2)26-18(3)27-22/h11-15,21H,5-10,16H2,1-4H3,(H,28,30). The van der Waals surface area contributed by atoms with Crippen molar-refractivity contribution >= 4 is 23.3 Å². The van der Waals surface area contributed by atoms with Gasteiger partial charge in [0, 0.05) is 29.4 Å². The maximum absolute atomic E-state index is 13.6. The van der Waals surface area contributed by atoms with Gasteiger partial charge in [-0.25, -0.2) is 9.97 Å². The Morgan fingerprint density at radius 3 is 2.43 bits per heavy atom. The quantitative estimate of drug-likeness (QED) is 0.643. The molecule has 1 aromatic heterocycles. The third-order valence-corrected chi connectivity index (χ3v) is 6.45. The number of anilines is 1. The minimum absolute atomic E-state index is 0.0692. The second-order valence-electron chi connectivity index (χ2n) is 8.56. The van der Waals surface area contributed by atoms with Crippen LogP contribution < -0.4 is 10.2 Å². The molecule has 0 spiro atoms. The fourth-order valence-electron chi connectivity index (χ4n) is 4.18. The Kier molecular flexibility index (Phi) is 7.35. The first-order valence-electron chi connectivity index (χ1n) is 11.0. The molecule has 1 N–H and O–H groups in total. The molecule has 1 unspecified atom stereocenters. The first kappa shape index (κ1) is 22.5. The van der Waals surface area contributed by atoms with Crippen LogP contribution in [0.3, 0.4) is 0 Å². The van der Waals surface area contributed by atoms with Crippen molar-refractivity contribution in [3.8, 4) is 0 Å². The summed E-state index contributed by atoms with van der Waals surface area (Å²) in [6, 6.07) is 10.0. The molecule has 1 saturated carbocycles. The van der Waals surface area contributed by atoms with Crippen molar-refractivity contribution in [3.05, 3.63) is 52.4 Å². The summed E-state index contributed by atoms with van der Waals surface area (Å²) in [7, 11) is 0. The molecule has 1 heterocycles. The van der Waals surface area contributed by atoms with Crippen molar-refractivity contribution in [2.45, 2.75) is 84.3 Å². The lowest BCUT2D eigenvalue weighted by Gasteiger charge is -2.41. The number of halogens is 1. The molecule has 1 fully saturated rings. The van der Waals surface area contributed by atoms with E-state index in [1.165, 1.54) is 19.3 Å². The van der Waals surface area contributed by atoms with E-state index in [4.69, 9.17) is 16.6 Å². The third kappa shape index (κ3) is 5.31. The average molecular weight is 429 g/mol. The van der Waals surface area contributed by atoms with Crippen LogP contribution in [0, 0.1) is 13.8 Å². The van der Waals surface area contributed by atoms with Crippen LogP contribution in [0.4, 0.5) is 5.82 Å². The van der Waals surface area contributed by atoms with E-state index in [2.05, 4.69) is 22.1 Å². The monoisotopic (exact) mass is 428 g/mol. The molecule has 0 radical (unpaired) electrons. The number of carbonyl (C=O) groups is 1. The topological polar surface area (TPSA) is 58.1 Å². The molecule has 0 saturated heterocycles. The third-order valence-electron chi connectivity index (χ3n) is 6.20. The van der Waals surface area contributed by atoms with Crippen LogP contribution in [0.2, 0.25) is 5.02 Å². The molecule has 1 aliphatic rings. The van der Waals surface area contributed by atoms with Gasteiger partial charge >= 0.3 is 0 Å². The van der Waals surface area contributed by atoms with Crippen LogP contribution in [0.5, 0.6) is 0 Å². The first-order chi connectivity index (χ1) is 14.3. The van der Waals surface area contributed by atoms with Crippen molar-refractivity contribution in [1.29, 1.82) is 0 Å². The summed E-state index contributed by atoms with van der Waals surface area (Å²) in [4.78, 5) is 24.8. The van der Waals surface area contributed by atoms with Crippen LogP contribution in [0.25, 0.3) is 0 Å². The largest absolute Gasteiger partial charge is 0.351 e. The van der Waals surface area contributed by atoms with E-state index in [1.807, 2.05) is 51.1 Å². The van der Waals surface area contributed by atoms with E-state index < -0.39 is 5.54 Å². The zero-order valence-electron chi connectivity index (χ0n) is 18.5. The Bertz CT molecular complexity index is 844. The molecule has 3 rings (SSSR count). The summed E-state index contributed by atoms with van der Waals surface area (Å²) >= 11 is 6.08. The lowest BCUT2D eigenvalue weighted by Crippen LogP contribution is -2.58. The zero-order chi connectivity index (χ0) is 21.7. The lowest BCUT2D eigenvalue weighted by molar-refractivity contribution is -0.127. The second kappa shape index (κ2) is 9.78. The van der Waals surface area contributed by atoms with Crippen LogP contribution in [0.15, 0.2) is 30.3 Å². The molecule has 1 amide bonds. The van der Waals surface area contributed by atoms with Gasteiger partial charge in [0.1, 0.15) is 17.2 Å². The summed E-state index contributed by atoms with van der Waals surface area (Å²) in [6.07, 6.45) is 6.43. The van der Waals surface area contributed by atoms with Crippen LogP contribution in [0.1, 0.15) is 69.5 Å². The predicted molar refractivity (Wildman–Crippen MR) is 123 cm³/mol. The number of hydrogen-bond acceptors (Lipinski definition) is 4. The van der Waals surface area contributed by atoms with Crippen molar-refractivity contribution in [2.24, 2.45) is 0 Å². The number of benzene rings is 1. The van der Waals surface area contributed by atoms with Gasteiger partial charge in [0.15, 0.2) is 0 Å². The zero-order valence-corrected chi connectivity index (χ0v) is 19.3. The van der Waals surface area contributed by atoms with Gasteiger partial charge in [-0.2, -0.15) is 0 Å². The molecule has 0 bridgehead atoms. The summed E-state index contributed by atoms with van der Waals surface area (Å²) in [6.45, 7) is 8.51. The Balaban J connectivity index is 1.96. The predicted octanol–water partition coefficient (Wildman–Crippen LogP) is 5.37. The fraction of sp³-hybridized carbons (Fsp3) is 0.542. The summed E-state index contributed by atoms with van der Waals surface area (Å²) in [5, 5.41) is 4.04. The highest BCUT2D eigenvalue weighted by Crippen LogP contribution is 2.30. The molecule has 5 nitrogen and oxygen atoms in total. The minimum Gasteiger partial charge on any atom is -0.351 e. The van der Waals surface area contributed by atoms with Crippen molar-refractivity contribution < 1.29 is 4.79 Å². The molecule has 1 aromatic carbocycles. The van der Waals surface area contributed by atoms with E-state index in [9.17, 15) is 4.79 Å². The molecule has 30 heavy (non-hydrogen) atoms. The summed E-state index contributed by atoms with van der Waals surface area (Å²) < 4.78 is 0. The van der Waals surface area contributed by atoms with E-state index in [1.54, 1.807) is 0 Å². The number of aromatic nitrogens is 2. The van der Waals surface area contributed by atoms with Crippen molar-refractivity contribution in [1.82, 2.24) is 15.3 Å². The normalized spacial score (nSPS) is 16.7. The van der Waals surface area contributed by atoms with Crippen LogP contribution in [-0.4, -0.2) is 27.5 Å². The number of carbonyl (C=O) groups excluding carboxylic acids is 1. The number of amides is 1. The van der Waals surface area contributed by atoms with Gasteiger partial charge in [0.25, 0.3) is 0 Å². The maximum atomic E-state index is 13.6. The Morgan fingerprint density at radius 2 is 1.83 bits per heavy atom. The first-order valence-corrected chi connectivity index (χ1v) is 11.3. The average Bonchev–Trinajstić information content (AvgIpc) is 2.72. The van der Waals surface area contributed by atoms with Gasteiger partial charge in [-0.05, 0) is 57.7 Å². The van der Waals surface area contributed by atoms with E-state index >= 15 is 0 Å². The van der Waals surface area contributed by atoms with E-state index in [-0.39, 0.29) is 11.9 Å². The Hall–Kier alpha value is -2.14. The number of nitrogens with one attached hydrogen (secondary N) is 1. The molecule has 1 aliphatic carbocycles. The van der Waals surface area contributed by atoms with Gasteiger partial charge in [-0.3, -0.25) is 4.79 Å². The Labute approximate surface area is 185 Å². The van der Waals surface area contributed by atoms with Crippen LogP contribution >= 0.6 is 11.6 Å². The van der Waals surface area contributed by atoms with Gasteiger partial charge in [0.2, 0.25) is 5.91 Å². The van der Waals surface area contributed by atoms with Crippen molar-refractivity contribution in [2.75, 3.05) is 4.90 Å². The summed E-state index contributed by atoms with van der Waals surface area (Å²) in [5.41, 5.74) is 1.24. The smallest absolute Gasteiger partial charge is 0.245 e. The van der Waals surface area contributed by atoms with Gasteiger partial charge in [-0.15, -0.1) is 0 Å². The highest BCUT2D eigenvalue weighted by atomic mass is 35.5. The molecular weight excluding hydrogens is 396 g/mol. The molecular formula is C24H33ClN4O. The SMILES string of the molecule is CCC(C)(C(=O)NC1CCCCC1)N(Cc1ccc(Cl)cc1)c1cc(C)nc(C)n1. The fourth-order valence-corrected chi connectivity index (χ4v) is 4.30. The molecule has 1 atom stereocenters. The minimum atomic E-state index is -0.732. The van der Waals surface area contributed by atoms with E-state index in [0.717, 1.165) is 29.9 Å². The number of nitrogens with zero attached hydrogens (tertiary/aromatic N) is 3. The maximum Gasteiger partial charge on any atom is 0.245 e. The molecule has 0 aliphatic heterocycles. The van der Waals surface area contributed by atoms with Gasteiger partial charge in [0.05, 0.1) is 0 Å². The molecule has 6 heteroatoms. The number of aryl methyl sites for hydroxylation is 2. The highest BCUT2D eigenvalue weighted by Gasteiger charge is 2.40. The van der Waals surface area contributed by atoms with Gasteiger partial charge < -0.3 is 10.2 Å². The Morgan fingerprint density at radius 1 is 1.17 bits per heavy atom. The van der Waals surface area contributed by atoms with Crippen LogP contribution in [-0.2, 0) is 11.3 Å². The van der Waals surface area contributed by atoms with Gasteiger partial charge in [-0.1, -0.05) is 49.9 Å². The van der Waals surface area contributed by atoms with E-state index in [0.29, 0.717) is 23.8 Å². The van der Waals surface area contributed by atoms with Crippen molar-refractivity contribution in [3.63, 3.8) is 0 Å². The lowest BCUT2D eigenvalue weighted by atomic mass is 9.91. The second-order valence-corrected chi connectivity index (χ2v) is 9.00. The number of rotatable bonds is 7. The number of hydrogen-bond donors (Lipinski definition) is 1.